The minimum atomic E-state index is -1.44. The zero-order valence-corrected chi connectivity index (χ0v) is 27.5. The average molecular weight is 609 g/mol. The predicted octanol–water partition coefficient (Wildman–Crippen LogP) is 3.79. The largest absolute Gasteiger partial charge is 0.393 e. The molecule has 0 amide bonds. The van der Waals surface area contributed by atoms with E-state index in [1.54, 1.807) is 6.92 Å². The van der Waals surface area contributed by atoms with Crippen molar-refractivity contribution in [2.45, 2.75) is 155 Å². The highest BCUT2D eigenvalue weighted by atomic mass is 16.7. The Bertz CT molecular complexity index is 1000. The van der Waals surface area contributed by atoms with Crippen LogP contribution >= 0.6 is 0 Å². The maximum Gasteiger partial charge on any atom is 0.186 e. The summed E-state index contributed by atoms with van der Waals surface area (Å²) in [6.45, 7) is 14.9. The van der Waals surface area contributed by atoms with Gasteiger partial charge in [-0.25, -0.2) is 0 Å². The van der Waals surface area contributed by atoms with Crippen molar-refractivity contribution in [2.24, 2.45) is 52.3 Å². The monoisotopic (exact) mass is 608 g/mol. The van der Waals surface area contributed by atoms with E-state index in [0.29, 0.717) is 18.3 Å². The van der Waals surface area contributed by atoms with Crippen molar-refractivity contribution < 1.29 is 40.1 Å². The lowest BCUT2D eigenvalue weighted by Crippen LogP contribution is -2.58. The van der Waals surface area contributed by atoms with Crippen molar-refractivity contribution in [1.29, 1.82) is 0 Å². The molecule has 248 valence electrons. The summed E-state index contributed by atoms with van der Waals surface area (Å²) in [7, 11) is 0. The molecule has 1 saturated heterocycles. The fourth-order valence-corrected chi connectivity index (χ4v) is 11.1. The van der Waals surface area contributed by atoms with Gasteiger partial charge in [-0.2, -0.15) is 0 Å². The molecule has 4 aliphatic carbocycles. The van der Waals surface area contributed by atoms with Crippen molar-refractivity contribution in [1.82, 2.24) is 0 Å². The van der Waals surface area contributed by atoms with Gasteiger partial charge in [0.1, 0.15) is 18.3 Å². The molecule has 2 unspecified atom stereocenters. The van der Waals surface area contributed by atoms with Crippen molar-refractivity contribution in [3.05, 3.63) is 11.6 Å². The quantitative estimate of drug-likeness (QED) is 0.229. The van der Waals surface area contributed by atoms with Crippen LogP contribution in [0.5, 0.6) is 0 Å². The summed E-state index contributed by atoms with van der Waals surface area (Å²) in [6.07, 6.45) is 0.977. The Kier molecular flexibility index (Phi) is 9.86. The highest BCUT2D eigenvalue weighted by Crippen LogP contribution is 2.68. The van der Waals surface area contributed by atoms with Gasteiger partial charge >= 0.3 is 0 Å². The predicted molar refractivity (Wildman–Crippen MR) is 164 cm³/mol. The van der Waals surface area contributed by atoms with Crippen LogP contribution in [0.15, 0.2) is 11.6 Å². The van der Waals surface area contributed by atoms with Crippen molar-refractivity contribution in [2.75, 3.05) is 0 Å². The first kappa shape index (κ1) is 33.8. The number of hydrogen-bond acceptors (Lipinski definition) is 8. The Hall–Kier alpha value is -0.580. The Labute approximate surface area is 258 Å². The SMILES string of the molecule is CCC(C(C)C)C(O)C[C@@H](C)[C@H]1[C@@H](O[C@H]2O[C@@H](C)[C@H](O)[C@@H](O)[C@H]2O)[C@@H](O)[C@H]2[C@@H]3CC=C4C[C@@H](O)CC[C@]4(C)[C@H]3CC[C@]12C. The van der Waals surface area contributed by atoms with Gasteiger partial charge in [0, 0.05) is 0 Å². The Morgan fingerprint density at radius 3 is 2.33 bits per heavy atom. The molecule has 0 aromatic rings. The molecule has 4 fully saturated rings. The summed E-state index contributed by atoms with van der Waals surface area (Å²) in [5, 5.41) is 65.9. The molecule has 0 bridgehead atoms. The second kappa shape index (κ2) is 12.6. The summed E-state index contributed by atoms with van der Waals surface area (Å²) in [5.41, 5.74) is 1.14. The molecule has 5 aliphatic rings. The first-order chi connectivity index (χ1) is 20.1. The molecule has 8 nitrogen and oxygen atoms in total. The van der Waals surface area contributed by atoms with Crippen LogP contribution in [0.25, 0.3) is 0 Å². The summed E-state index contributed by atoms with van der Waals surface area (Å²) in [4.78, 5) is 0. The summed E-state index contributed by atoms with van der Waals surface area (Å²) in [5.74, 6) is 1.08. The van der Waals surface area contributed by atoms with E-state index < -0.39 is 49.0 Å². The third-order valence-electron chi connectivity index (χ3n) is 13.3. The second-order valence-corrected chi connectivity index (χ2v) is 16.0. The minimum Gasteiger partial charge on any atom is -0.393 e. The first-order valence-electron chi connectivity index (χ1n) is 17.2. The molecule has 17 atom stereocenters. The fourth-order valence-electron chi connectivity index (χ4n) is 11.1. The van der Waals surface area contributed by atoms with Crippen LogP contribution in [0.4, 0.5) is 0 Å². The molecular formula is C35H60O8. The van der Waals surface area contributed by atoms with Crippen LogP contribution in [0, 0.1) is 52.3 Å². The third kappa shape index (κ3) is 5.68. The Morgan fingerprint density at radius 2 is 1.67 bits per heavy atom. The summed E-state index contributed by atoms with van der Waals surface area (Å²) in [6, 6.07) is 0. The van der Waals surface area contributed by atoms with Crippen molar-refractivity contribution >= 4 is 0 Å². The van der Waals surface area contributed by atoms with E-state index in [-0.39, 0.29) is 46.5 Å². The van der Waals surface area contributed by atoms with Crippen molar-refractivity contribution in [3.63, 3.8) is 0 Å². The van der Waals surface area contributed by atoms with Crippen LogP contribution in [0.2, 0.25) is 0 Å². The smallest absolute Gasteiger partial charge is 0.186 e. The standard InChI is InChI=1S/C35H60O8/c1-8-22(17(2)3)25(37)15-18(4)26-32(43-33-31(41)30(40)28(38)19(5)42-33)29(39)27-23-10-9-20-16-21(36)11-13-34(20,6)24(23)12-14-35(26,27)7/h9,17-19,21-33,36-41H,8,10-16H2,1-7H3/t18-,19+,21+,22?,23-,24+,25?,26+,27-,28+,29+,30-,31-,32-,33-,34+,35-/m1/s1. The molecule has 1 aliphatic heterocycles. The zero-order chi connectivity index (χ0) is 31.6. The number of allylic oxidation sites excluding steroid dienone is 1. The molecule has 1 heterocycles. The fraction of sp³-hybridized carbons (Fsp3) is 0.943. The zero-order valence-electron chi connectivity index (χ0n) is 27.5. The molecule has 43 heavy (non-hydrogen) atoms. The van der Waals surface area contributed by atoms with E-state index in [1.165, 1.54) is 5.57 Å². The van der Waals surface area contributed by atoms with Crippen LogP contribution in [0.3, 0.4) is 0 Å². The lowest BCUT2D eigenvalue weighted by Gasteiger charge is -2.58. The van der Waals surface area contributed by atoms with Gasteiger partial charge in [-0.1, -0.05) is 59.6 Å². The van der Waals surface area contributed by atoms with Gasteiger partial charge in [-0.05, 0) is 104 Å². The molecule has 0 aromatic heterocycles. The third-order valence-corrected chi connectivity index (χ3v) is 13.3. The highest BCUT2D eigenvalue weighted by molar-refractivity contribution is 5.26. The van der Waals surface area contributed by atoms with Crippen LogP contribution in [-0.4, -0.2) is 85.8 Å². The molecule has 0 spiro atoms. The van der Waals surface area contributed by atoms with E-state index in [2.05, 4.69) is 47.6 Å². The number of aliphatic hydroxyl groups excluding tert-OH is 6. The molecule has 0 aromatic carbocycles. The van der Waals surface area contributed by atoms with E-state index >= 15 is 0 Å². The van der Waals surface area contributed by atoms with Gasteiger partial charge in [0.15, 0.2) is 6.29 Å². The number of aliphatic hydroxyl groups is 6. The molecular weight excluding hydrogens is 548 g/mol. The lowest BCUT2D eigenvalue weighted by molar-refractivity contribution is -0.314. The molecule has 5 rings (SSSR count). The maximum atomic E-state index is 12.3. The summed E-state index contributed by atoms with van der Waals surface area (Å²) >= 11 is 0. The van der Waals surface area contributed by atoms with Gasteiger partial charge in [-0.3, -0.25) is 0 Å². The highest BCUT2D eigenvalue weighted by Gasteiger charge is 2.66. The van der Waals surface area contributed by atoms with E-state index in [1.807, 2.05) is 0 Å². The molecule has 8 heteroatoms. The van der Waals surface area contributed by atoms with Gasteiger partial charge in [0.2, 0.25) is 0 Å². The van der Waals surface area contributed by atoms with Crippen LogP contribution in [-0.2, 0) is 9.47 Å². The van der Waals surface area contributed by atoms with Crippen LogP contribution in [0.1, 0.15) is 99.8 Å². The number of fused-ring (bicyclic) bond motifs is 5. The number of hydrogen-bond donors (Lipinski definition) is 6. The molecule has 0 radical (unpaired) electrons. The van der Waals surface area contributed by atoms with Gasteiger partial charge in [0.25, 0.3) is 0 Å². The topological polar surface area (TPSA) is 140 Å². The number of rotatable bonds is 8. The molecule has 6 N–H and O–H groups in total. The maximum absolute atomic E-state index is 12.3. The van der Waals surface area contributed by atoms with E-state index in [9.17, 15) is 30.6 Å². The first-order valence-corrected chi connectivity index (χ1v) is 17.2. The summed E-state index contributed by atoms with van der Waals surface area (Å²) < 4.78 is 12.5. The Balaban J connectivity index is 1.49. The normalized spacial score (nSPS) is 50.3. The van der Waals surface area contributed by atoms with Crippen molar-refractivity contribution in [3.8, 4) is 0 Å². The van der Waals surface area contributed by atoms with E-state index in [4.69, 9.17) is 9.47 Å². The van der Waals surface area contributed by atoms with Gasteiger partial charge in [0.05, 0.1) is 30.5 Å². The lowest BCUT2D eigenvalue weighted by atomic mass is 9.46. The number of ether oxygens (including phenoxy) is 2. The van der Waals surface area contributed by atoms with Gasteiger partial charge in [-0.15, -0.1) is 0 Å². The van der Waals surface area contributed by atoms with Gasteiger partial charge < -0.3 is 40.1 Å². The minimum absolute atomic E-state index is 0.0173. The van der Waals surface area contributed by atoms with E-state index in [0.717, 1.165) is 44.9 Å². The Morgan fingerprint density at radius 1 is 0.977 bits per heavy atom. The van der Waals surface area contributed by atoms with Crippen LogP contribution < -0.4 is 0 Å². The average Bonchev–Trinajstić information content (AvgIpc) is 3.16. The second-order valence-electron chi connectivity index (χ2n) is 16.0. The molecule has 3 saturated carbocycles.